The van der Waals surface area contributed by atoms with Crippen LogP contribution in [0.4, 0.5) is 4.39 Å². The summed E-state index contributed by atoms with van der Waals surface area (Å²) in [4.78, 5) is 12.8. The fourth-order valence-corrected chi connectivity index (χ4v) is 3.36. The Balaban J connectivity index is 1.67. The van der Waals surface area contributed by atoms with Gasteiger partial charge in [-0.25, -0.2) is 4.39 Å². The highest BCUT2D eigenvalue weighted by Gasteiger charge is 2.26. The summed E-state index contributed by atoms with van der Waals surface area (Å²) in [5.41, 5.74) is 1.78. The van der Waals surface area contributed by atoms with E-state index in [2.05, 4.69) is 17.2 Å². The van der Waals surface area contributed by atoms with E-state index < -0.39 is 17.8 Å². The summed E-state index contributed by atoms with van der Waals surface area (Å²) >= 11 is 0. The van der Waals surface area contributed by atoms with E-state index in [1.165, 1.54) is 19.2 Å². The lowest BCUT2D eigenvalue weighted by Gasteiger charge is -2.21. The molecule has 0 aromatic heterocycles. The molecule has 2 aromatic rings. The lowest BCUT2D eigenvalue weighted by Crippen LogP contribution is -2.31. The number of amides is 1. The van der Waals surface area contributed by atoms with Crippen molar-refractivity contribution in [2.24, 2.45) is 0 Å². The number of hydrogen-bond donors (Lipinski definition) is 1. The second kappa shape index (κ2) is 12.0. The van der Waals surface area contributed by atoms with Gasteiger partial charge in [-0.05, 0) is 49.1 Å². The molecule has 166 valence electrons. The summed E-state index contributed by atoms with van der Waals surface area (Å²) in [6, 6.07) is 13.3. The monoisotopic (exact) mass is 436 g/mol. The maximum absolute atomic E-state index is 14.7. The highest BCUT2D eigenvalue weighted by atomic mass is 19.1. The topological polar surface area (TPSA) is 80.6 Å². The van der Waals surface area contributed by atoms with Crippen molar-refractivity contribution < 1.29 is 23.4 Å². The molecule has 1 heterocycles. The minimum absolute atomic E-state index is 0.0775. The van der Waals surface area contributed by atoms with Crippen LogP contribution < -0.4 is 5.32 Å². The summed E-state index contributed by atoms with van der Waals surface area (Å²) < 4.78 is 31.1. The van der Waals surface area contributed by atoms with E-state index in [9.17, 15) is 9.18 Å². The molecule has 1 N–H and O–H groups in total. The van der Waals surface area contributed by atoms with Gasteiger partial charge in [-0.15, -0.1) is 0 Å². The third kappa shape index (κ3) is 6.38. The first kappa shape index (κ1) is 23.4. The molecule has 32 heavy (non-hydrogen) atoms. The Bertz CT molecular complexity index is 1010. The lowest BCUT2D eigenvalue weighted by molar-refractivity contribution is -0.154. The largest absolute Gasteiger partial charge is 0.367 e. The number of ether oxygens (including phenoxy) is 3. The molecule has 7 heteroatoms. The molecule has 0 radical (unpaired) electrons. The van der Waals surface area contributed by atoms with Gasteiger partial charge >= 0.3 is 0 Å². The van der Waals surface area contributed by atoms with Crippen molar-refractivity contribution in [2.75, 3.05) is 20.3 Å². The minimum atomic E-state index is -1.17. The van der Waals surface area contributed by atoms with Crippen LogP contribution in [-0.2, 0) is 25.5 Å². The van der Waals surface area contributed by atoms with Crippen molar-refractivity contribution >= 4 is 5.91 Å². The van der Waals surface area contributed by atoms with E-state index in [1.807, 2.05) is 6.07 Å². The zero-order chi connectivity index (χ0) is 22.8. The van der Waals surface area contributed by atoms with E-state index in [1.54, 1.807) is 30.3 Å². The number of carbonyl (C=O) groups is 1. The van der Waals surface area contributed by atoms with Gasteiger partial charge in [0.05, 0.1) is 11.6 Å². The molecule has 3 rings (SSSR count). The molecule has 1 unspecified atom stereocenters. The Labute approximate surface area is 187 Å². The van der Waals surface area contributed by atoms with Crippen molar-refractivity contribution in [2.45, 2.75) is 38.2 Å². The molecule has 1 aliphatic heterocycles. The number of nitrogens with one attached hydrogen (secondary N) is 1. The number of nitriles is 1. The van der Waals surface area contributed by atoms with Gasteiger partial charge in [0.1, 0.15) is 12.4 Å². The van der Waals surface area contributed by atoms with Gasteiger partial charge in [0.15, 0.2) is 12.4 Å². The Morgan fingerprint density at radius 3 is 2.78 bits per heavy atom. The number of nitrogens with zero attached hydrogens (tertiary/aromatic N) is 1. The van der Waals surface area contributed by atoms with Crippen LogP contribution >= 0.6 is 0 Å². The van der Waals surface area contributed by atoms with Crippen LogP contribution in [0.25, 0.3) is 0 Å². The number of methoxy groups -OCH3 is 1. The van der Waals surface area contributed by atoms with Gasteiger partial charge < -0.3 is 19.5 Å². The third-order valence-corrected chi connectivity index (χ3v) is 5.04. The highest BCUT2D eigenvalue weighted by molar-refractivity contribution is 5.83. The average Bonchev–Trinajstić information content (AvgIpc) is 2.83. The molecule has 2 atom stereocenters. The van der Waals surface area contributed by atoms with E-state index >= 15 is 0 Å². The number of rotatable bonds is 7. The quantitative estimate of drug-likeness (QED) is 0.671. The second-order valence-electron chi connectivity index (χ2n) is 7.25. The summed E-state index contributed by atoms with van der Waals surface area (Å²) in [5, 5.41) is 11.6. The van der Waals surface area contributed by atoms with Crippen LogP contribution in [-0.4, -0.2) is 32.5 Å². The molecule has 0 bridgehead atoms. The summed E-state index contributed by atoms with van der Waals surface area (Å²) in [7, 11) is 1.35. The van der Waals surface area contributed by atoms with Gasteiger partial charge in [-0.3, -0.25) is 4.79 Å². The lowest BCUT2D eigenvalue weighted by atomic mass is 10.0. The molecule has 1 aliphatic rings. The SMILES string of the molecule is CO[C@H](C(=O)NCc1ccc(C#N)cc1)c1c(F)cccc1C#CCOC1CCCCO1. The molecule has 1 fully saturated rings. The van der Waals surface area contributed by atoms with Crippen LogP contribution in [0, 0.1) is 29.0 Å². The van der Waals surface area contributed by atoms with E-state index in [0.717, 1.165) is 24.8 Å². The van der Waals surface area contributed by atoms with Crippen LogP contribution in [0.5, 0.6) is 0 Å². The third-order valence-electron chi connectivity index (χ3n) is 5.04. The van der Waals surface area contributed by atoms with Gasteiger partial charge in [-0.2, -0.15) is 5.26 Å². The molecule has 0 saturated carbocycles. The number of benzene rings is 2. The second-order valence-corrected chi connectivity index (χ2v) is 7.25. The number of halogens is 1. The van der Waals surface area contributed by atoms with Crippen molar-refractivity contribution in [1.82, 2.24) is 5.32 Å². The van der Waals surface area contributed by atoms with Crippen molar-refractivity contribution in [1.29, 1.82) is 5.26 Å². The summed E-state index contributed by atoms with van der Waals surface area (Å²) in [6.07, 6.45) is 1.49. The molecule has 0 spiro atoms. The van der Waals surface area contributed by atoms with Gasteiger partial charge in [0, 0.05) is 31.4 Å². The van der Waals surface area contributed by atoms with Crippen molar-refractivity contribution in [3.05, 3.63) is 70.5 Å². The first-order chi connectivity index (χ1) is 15.6. The van der Waals surface area contributed by atoms with E-state index in [0.29, 0.717) is 17.7 Å². The molecular formula is C25H25FN2O4. The van der Waals surface area contributed by atoms with Crippen molar-refractivity contribution in [3.63, 3.8) is 0 Å². The average molecular weight is 436 g/mol. The van der Waals surface area contributed by atoms with Gasteiger partial charge in [0.25, 0.3) is 5.91 Å². The Hall–Kier alpha value is -3.23. The molecule has 0 aliphatic carbocycles. The number of hydrogen-bond acceptors (Lipinski definition) is 5. The zero-order valence-electron chi connectivity index (χ0n) is 17.9. The van der Waals surface area contributed by atoms with Crippen LogP contribution in [0.3, 0.4) is 0 Å². The van der Waals surface area contributed by atoms with Crippen molar-refractivity contribution in [3.8, 4) is 17.9 Å². The van der Waals surface area contributed by atoms with Crippen LogP contribution in [0.2, 0.25) is 0 Å². The molecule has 2 aromatic carbocycles. The van der Waals surface area contributed by atoms with E-state index in [-0.39, 0.29) is 25.0 Å². The molecular weight excluding hydrogens is 411 g/mol. The van der Waals surface area contributed by atoms with Crippen LogP contribution in [0.1, 0.15) is 47.6 Å². The molecule has 1 saturated heterocycles. The number of carbonyl (C=O) groups excluding carboxylic acids is 1. The predicted molar refractivity (Wildman–Crippen MR) is 116 cm³/mol. The highest BCUT2D eigenvalue weighted by Crippen LogP contribution is 2.24. The smallest absolute Gasteiger partial charge is 0.254 e. The maximum atomic E-state index is 14.7. The van der Waals surface area contributed by atoms with Gasteiger partial charge in [0.2, 0.25) is 0 Å². The standard InChI is InChI=1S/C25H25FN2O4/c1-30-24(25(29)28-17-19-12-10-18(16-27)11-13-19)23-20(6-4-8-21(23)26)7-5-15-32-22-9-2-3-14-31-22/h4,6,8,10-13,22,24H,2-3,9,14-15,17H2,1H3,(H,28,29)/t22?,24-/m0/s1. The fourth-order valence-electron chi connectivity index (χ4n) is 3.36. The summed E-state index contributed by atoms with van der Waals surface area (Å²) in [6.45, 7) is 1.04. The van der Waals surface area contributed by atoms with Gasteiger partial charge in [-0.1, -0.05) is 30.0 Å². The fraction of sp³-hybridized carbons (Fsp3) is 0.360. The predicted octanol–water partition coefficient (Wildman–Crippen LogP) is 3.60. The normalized spacial score (nSPS) is 16.3. The molecule has 1 amide bonds. The van der Waals surface area contributed by atoms with E-state index in [4.69, 9.17) is 19.5 Å². The first-order valence-electron chi connectivity index (χ1n) is 10.4. The Morgan fingerprint density at radius 2 is 2.09 bits per heavy atom. The zero-order valence-corrected chi connectivity index (χ0v) is 17.9. The summed E-state index contributed by atoms with van der Waals surface area (Å²) in [5.74, 6) is 4.69. The molecule has 6 nitrogen and oxygen atoms in total. The Kier molecular flexibility index (Phi) is 8.77. The minimum Gasteiger partial charge on any atom is -0.367 e. The Morgan fingerprint density at radius 1 is 1.28 bits per heavy atom. The van der Waals surface area contributed by atoms with Crippen LogP contribution in [0.15, 0.2) is 42.5 Å². The first-order valence-corrected chi connectivity index (χ1v) is 10.4. The maximum Gasteiger partial charge on any atom is 0.254 e.